The van der Waals surface area contributed by atoms with Gasteiger partial charge in [-0.15, -0.1) is 11.3 Å². The molecule has 1 aromatic carbocycles. The number of aliphatic hydroxyl groups is 1. The quantitative estimate of drug-likeness (QED) is 0.921. The lowest BCUT2D eigenvalue weighted by atomic mass is 10.1. The van der Waals surface area contributed by atoms with Crippen molar-refractivity contribution in [2.24, 2.45) is 0 Å². The van der Waals surface area contributed by atoms with Crippen molar-refractivity contribution in [3.05, 3.63) is 47.1 Å². The first-order chi connectivity index (χ1) is 11.1. The number of likely N-dealkylation sites (tertiary alicyclic amines) is 1. The molecule has 2 aromatic rings. The van der Waals surface area contributed by atoms with Gasteiger partial charge in [0.15, 0.2) is 0 Å². The fourth-order valence-electron chi connectivity index (χ4n) is 3.14. The van der Waals surface area contributed by atoms with Crippen molar-refractivity contribution in [2.75, 3.05) is 6.54 Å². The molecule has 3 nitrogen and oxygen atoms in total. The Balaban J connectivity index is 1.80. The number of hydrogen-bond acceptors (Lipinski definition) is 3. The summed E-state index contributed by atoms with van der Waals surface area (Å²) in [6, 6.07) is 10.3. The van der Waals surface area contributed by atoms with Gasteiger partial charge in [0.05, 0.1) is 11.0 Å². The zero-order valence-electron chi connectivity index (χ0n) is 13.0. The number of rotatable bonds is 4. The van der Waals surface area contributed by atoms with Crippen molar-refractivity contribution < 1.29 is 14.3 Å². The average molecular weight is 333 g/mol. The number of aliphatic hydroxyl groups excluding tert-OH is 1. The Hall–Kier alpha value is -1.72. The topological polar surface area (TPSA) is 40.5 Å². The second kappa shape index (κ2) is 6.81. The molecule has 1 aliphatic rings. The number of carbonyl (C=O) groups excluding carboxylic acids is 1. The van der Waals surface area contributed by atoms with Crippen LogP contribution in [-0.2, 0) is 0 Å². The number of hydrogen-bond donors (Lipinski definition) is 1. The van der Waals surface area contributed by atoms with Crippen LogP contribution in [0.15, 0.2) is 36.4 Å². The van der Waals surface area contributed by atoms with E-state index in [0.29, 0.717) is 16.9 Å². The van der Waals surface area contributed by atoms with Gasteiger partial charge in [0, 0.05) is 23.0 Å². The minimum atomic E-state index is -0.411. The van der Waals surface area contributed by atoms with Gasteiger partial charge < -0.3 is 10.0 Å². The highest BCUT2D eigenvalue weighted by Gasteiger charge is 2.30. The maximum atomic E-state index is 13.9. The molecule has 1 fully saturated rings. The lowest BCUT2D eigenvalue weighted by Gasteiger charge is -2.25. The summed E-state index contributed by atoms with van der Waals surface area (Å²) < 4.78 is 13.9. The van der Waals surface area contributed by atoms with Gasteiger partial charge in [0.25, 0.3) is 5.91 Å². The molecule has 1 aromatic heterocycles. The largest absolute Gasteiger partial charge is 0.393 e. The van der Waals surface area contributed by atoms with Crippen molar-refractivity contribution in [1.29, 1.82) is 0 Å². The van der Waals surface area contributed by atoms with E-state index in [1.165, 1.54) is 17.4 Å². The molecule has 0 bridgehead atoms. The summed E-state index contributed by atoms with van der Waals surface area (Å²) in [7, 11) is 0. The monoisotopic (exact) mass is 333 g/mol. The lowest BCUT2D eigenvalue weighted by Crippen LogP contribution is -2.36. The fourth-order valence-corrected chi connectivity index (χ4v) is 4.13. The molecule has 1 amide bonds. The van der Waals surface area contributed by atoms with Crippen LogP contribution < -0.4 is 0 Å². The highest BCUT2D eigenvalue weighted by Crippen LogP contribution is 2.32. The highest BCUT2D eigenvalue weighted by molar-refractivity contribution is 7.17. The molecule has 2 atom stereocenters. The number of amides is 1. The van der Waals surface area contributed by atoms with Crippen molar-refractivity contribution in [3.8, 4) is 10.4 Å². The van der Waals surface area contributed by atoms with Gasteiger partial charge in [0.2, 0.25) is 0 Å². The van der Waals surface area contributed by atoms with Gasteiger partial charge in [-0.25, -0.2) is 4.39 Å². The number of halogens is 1. The third-order valence-electron chi connectivity index (χ3n) is 4.21. The third-order valence-corrected chi connectivity index (χ3v) is 5.31. The van der Waals surface area contributed by atoms with Crippen LogP contribution in [0.5, 0.6) is 0 Å². The van der Waals surface area contributed by atoms with Gasteiger partial charge in [0.1, 0.15) is 5.82 Å². The Bertz CT molecular complexity index is 698. The van der Waals surface area contributed by atoms with Crippen LogP contribution in [0.3, 0.4) is 0 Å². The summed E-state index contributed by atoms with van der Waals surface area (Å²) in [5, 5.41) is 9.59. The third kappa shape index (κ3) is 3.46. The zero-order valence-corrected chi connectivity index (χ0v) is 13.9. The van der Waals surface area contributed by atoms with Crippen LogP contribution in [-0.4, -0.2) is 34.6 Å². The molecular weight excluding hydrogens is 313 g/mol. The smallest absolute Gasteiger partial charge is 0.264 e. The minimum absolute atomic E-state index is 0.0132. The average Bonchev–Trinajstić information content (AvgIpc) is 3.16. The lowest BCUT2D eigenvalue weighted by molar-refractivity contribution is 0.0687. The number of carbonyl (C=O) groups is 1. The van der Waals surface area contributed by atoms with Crippen LogP contribution in [0.25, 0.3) is 10.4 Å². The Morgan fingerprint density at radius 3 is 2.91 bits per heavy atom. The number of nitrogens with zero attached hydrogens (tertiary/aromatic N) is 1. The van der Waals surface area contributed by atoms with Crippen molar-refractivity contribution in [1.82, 2.24) is 4.90 Å². The molecule has 122 valence electrons. The summed E-state index contributed by atoms with van der Waals surface area (Å²) in [5.74, 6) is -0.290. The van der Waals surface area contributed by atoms with E-state index in [9.17, 15) is 14.3 Å². The highest BCUT2D eigenvalue weighted by atomic mass is 32.1. The molecule has 23 heavy (non-hydrogen) atoms. The maximum absolute atomic E-state index is 13.9. The molecule has 5 heteroatoms. The van der Waals surface area contributed by atoms with E-state index in [-0.39, 0.29) is 17.8 Å². The van der Waals surface area contributed by atoms with Gasteiger partial charge in [-0.2, -0.15) is 0 Å². The van der Waals surface area contributed by atoms with Crippen molar-refractivity contribution >= 4 is 17.2 Å². The summed E-state index contributed by atoms with van der Waals surface area (Å²) in [6.07, 6.45) is 2.10. The first-order valence-corrected chi connectivity index (χ1v) is 8.71. The van der Waals surface area contributed by atoms with Crippen LogP contribution in [0.4, 0.5) is 4.39 Å². The SMILES string of the molecule is CC(O)CC1CCCN1C(=O)c1ccc(-c2ccccc2F)s1. The molecule has 0 radical (unpaired) electrons. The molecule has 0 spiro atoms. The fraction of sp³-hybridized carbons (Fsp3) is 0.389. The molecular formula is C18H20FNO2S. The van der Waals surface area contributed by atoms with E-state index in [1.54, 1.807) is 37.3 Å². The van der Waals surface area contributed by atoms with E-state index >= 15 is 0 Å². The Kier molecular flexibility index (Phi) is 4.78. The molecule has 3 rings (SSSR count). The standard InChI is InChI=1S/C18H20FNO2S/c1-12(21)11-13-5-4-10-20(13)18(22)17-9-8-16(23-17)14-6-2-3-7-15(14)19/h2-3,6-9,12-13,21H,4-5,10-11H2,1H3. The first-order valence-electron chi connectivity index (χ1n) is 7.90. The molecule has 2 unspecified atom stereocenters. The summed E-state index contributed by atoms with van der Waals surface area (Å²) >= 11 is 1.32. The normalized spacial score (nSPS) is 19.1. The maximum Gasteiger partial charge on any atom is 0.264 e. The Labute approximate surface area is 139 Å². The van der Waals surface area contributed by atoms with Gasteiger partial charge in [-0.1, -0.05) is 18.2 Å². The van der Waals surface area contributed by atoms with E-state index in [1.807, 2.05) is 4.90 Å². The molecule has 1 N–H and O–H groups in total. The minimum Gasteiger partial charge on any atom is -0.393 e. The second-order valence-corrected chi connectivity index (χ2v) is 7.11. The van der Waals surface area contributed by atoms with Crippen molar-refractivity contribution in [3.63, 3.8) is 0 Å². The van der Waals surface area contributed by atoms with Crippen LogP contribution in [0.1, 0.15) is 35.9 Å². The van der Waals surface area contributed by atoms with E-state index in [2.05, 4.69) is 0 Å². The number of benzene rings is 1. The van der Waals surface area contributed by atoms with Crippen molar-refractivity contribution in [2.45, 2.75) is 38.3 Å². The summed E-state index contributed by atoms with van der Waals surface area (Å²) in [6.45, 7) is 2.48. The second-order valence-electron chi connectivity index (χ2n) is 6.02. The van der Waals surface area contributed by atoms with E-state index < -0.39 is 6.10 Å². The summed E-state index contributed by atoms with van der Waals surface area (Å²) in [5.41, 5.74) is 0.526. The zero-order chi connectivity index (χ0) is 16.4. The first kappa shape index (κ1) is 16.1. The molecule has 1 aliphatic heterocycles. The molecule has 1 saturated heterocycles. The van der Waals surface area contributed by atoms with Crippen LogP contribution >= 0.6 is 11.3 Å². The Morgan fingerprint density at radius 2 is 2.17 bits per heavy atom. The van der Waals surface area contributed by atoms with E-state index in [4.69, 9.17) is 0 Å². The summed E-state index contributed by atoms with van der Waals surface area (Å²) in [4.78, 5) is 16.0. The van der Waals surface area contributed by atoms with E-state index in [0.717, 1.165) is 24.3 Å². The predicted molar refractivity (Wildman–Crippen MR) is 90.1 cm³/mol. The van der Waals surface area contributed by atoms with Crippen LogP contribution in [0, 0.1) is 5.82 Å². The van der Waals surface area contributed by atoms with Gasteiger partial charge >= 0.3 is 0 Å². The van der Waals surface area contributed by atoms with Gasteiger partial charge in [-0.3, -0.25) is 4.79 Å². The number of thiophene rings is 1. The van der Waals surface area contributed by atoms with Gasteiger partial charge in [-0.05, 0) is 44.4 Å². The molecule has 2 heterocycles. The predicted octanol–water partition coefficient (Wildman–Crippen LogP) is 3.93. The molecule has 0 saturated carbocycles. The Morgan fingerprint density at radius 1 is 1.39 bits per heavy atom. The molecule has 0 aliphatic carbocycles. The van der Waals surface area contributed by atoms with Crippen LogP contribution in [0.2, 0.25) is 0 Å².